The Balaban J connectivity index is 2.43. The Morgan fingerprint density at radius 2 is 1.75 bits per heavy atom. The predicted octanol–water partition coefficient (Wildman–Crippen LogP) is 0.986. The first-order chi connectivity index (χ1) is 7.46. The lowest BCUT2D eigenvalue weighted by molar-refractivity contribution is -0.127. The van der Waals surface area contributed by atoms with Crippen molar-refractivity contribution >= 4 is 11.8 Å². The molecule has 1 fully saturated rings. The molecule has 2 rings (SSSR count). The standard InChI is InChI=1S/C12H14N2O2/c1-12(2)5-3-4-8-9(7-12)14-11(16)6-10(15)13-8/h3-5,7H,6H2,1-2H3,(H,13,15)(H,14,16). The topological polar surface area (TPSA) is 58.2 Å². The number of amides is 2. The summed E-state index contributed by atoms with van der Waals surface area (Å²) in [7, 11) is 0. The number of rotatable bonds is 0. The smallest absolute Gasteiger partial charge is 0.233 e. The van der Waals surface area contributed by atoms with Crippen molar-refractivity contribution in [1.82, 2.24) is 10.6 Å². The minimum atomic E-state index is -0.278. The van der Waals surface area contributed by atoms with Gasteiger partial charge in [0.05, 0.1) is 11.4 Å². The molecule has 0 radical (unpaired) electrons. The second-order valence-corrected chi connectivity index (χ2v) is 4.59. The fourth-order valence-corrected chi connectivity index (χ4v) is 1.73. The summed E-state index contributed by atoms with van der Waals surface area (Å²) in [6.45, 7) is 4.07. The van der Waals surface area contributed by atoms with Crippen LogP contribution in [0, 0.1) is 5.41 Å². The third kappa shape index (κ3) is 2.21. The van der Waals surface area contributed by atoms with Crippen LogP contribution >= 0.6 is 0 Å². The molecule has 1 heterocycles. The van der Waals surface area contributed by atoms with Gasteiger partial charge in [-0.2, -0.15) is 0 Å². The first kappa shape index (κ1) is 10.7. The van der Waals surface area contributed by atoms with E-state index in [2.05, 4.69) is 10.6 Å². The molecule has 0 spiro atoms. The molecule has 1 saturated heterocycles. The molecule has 0 bridgehead atoms. The summed E-state index contributed by atoms with van der Waals surface area (Å²) >= 11 is 0. The normalized spacial score (nSPS) is 23.1. The molecular weight excluding hydrogens is 204 g/mol. The van der Waals surface area contributed by atoms with Crippen LogP contribution in [0.1, 0.15) is 20.3 Å². The van der Waals surface area contributed by atoms with Crippen LogP contribution in [0.2, 0.25) is 0 Å². The molecule has 0 aromatic heterocycles. The summed E-state index contributed by atoms with van der Waals surface area (Å²) in [6.07, 6.45) is 7.51. The lowest BCUT2D eigenvalue weighted by atomic mass is 9.92. The fourth-order valence-electron chi connectivity index (χ4n) is 1.73. The zero-order chi connectivity index (χ0) is 11.8. The Labute approximate surface area is 94.1 Å². The van der Waals surface area contributed by atoms with Crippen molar-refractivity contribution in [3.8, 4) is 0 Å². The Bertz CT molecular complexity index is 442. The molecular formula is C12H14N2O2. The number of hydrogen-bond acceptors (Lipinski definition) is 2. The van der Waals surface area contributed by atoms with Crippen molar-refractivity contribution in [2.45, 2.75) is 20.3 Å². The molecule has 0 aromatic rings. The predicted molar refractivity (Wildman–Crippen MR) is 60.0 cm³/mol. The van der Waals surface area contributed by atoms with Crippen molar-refractivity contribution < 1.29 is 9.59 Å². The van der Waals surface area contributed by atoms with Gasteiger partial charge < -0.3 is 10.6 Å². The van der Waals surface area contributed by atoms with Crippen LogP contribution in [0.3, 0.4) is 0 Å². The highest BCUT2D eigenvalue weighted by Crippen LogP contribution is 2.25. The van der Waals surface area contributed by atoms with E-state index in [1.807, 2.05) is 32.1 Å². The van der Waals surface area contributed by atoms with Gasteiger partial charge in [-0.05, 0) is 12.2 Å². The average Bonchev–Trinajstić information content (AvgIpc) is 2.31. The van der Waals surface area contributed by atoms with Crippen LogP contribution in [-0.4, -0.2) is 11.8 Å². The SMILES string of the molecule is CC1(C)C=CC=C2NC(=O)CC(=O)NC2=C1. The molecule has 2 aliphatic rings. The zero-order valence-electron chi connectivity index (χ0n) is 9.33. The molecule has 4 heteroatoms. The number of nitrogens with one attached hydrogen (secondary N) is 2. The van der Waals surface area contributed by atoms with Crippen molar-refractivity contribution in [3.63, 3.8) is 0 Å². The molecule has 2 amide bonds. The molecule has 0 aromatic carbocycles. The van der Waals surface area contributed by atoms with E-state index in [0.717, 1.165) is 0 Å². The molecule has 1 aliphatic carbocycles. The first-order valence-corrected chi connectivity index (χ1v) is 5.19. The monoisotopic (exact) mass is 218 g/mol. The molecule has 0 atom stereocenters. The first-order valence-electron chi connectivity index (χ1n) is 5.19. The largest absolute Gasteiger partial charge is 0.324 e. The van der Waals surface area contributed by atoms with Gasteiger partial charge in [-0.25, -0.2) is 0 Å². The number of fused-ring (bicyclic) bond motifs is 1. The van der Waals surface area contributed by atoms with Gasteiger partial charge in [0.1, 0.15) is 6.42 Å². The highest BCUT2D eigenvalue weighted by molar-refractivity contribution is 6.00. The van der Waals surface area contributed by atoms with E-state index in [9.17, 15) is 9.59 Å². The van der Waals surface area contributed by atoms with E-state index in [0.29, 0.717) is 11.4 Å². The maximum absolute atomic E-state index is 11.4. The van der Waals surface area contributed by atoms with Crippen molar-refractivity contribution in [3.05, 3.63) is 35.7 Å². The van der Waals surface area contributed by atoms with Crippen LogP contribution < -0.4 is 10.6 Å². The van der Waals surface area contributed by atoms with Crippen LogP contribution in [-0.2, 0) is 9.59 Å². The van der Waals surface area contributed by atoms with E-state index < -0.39 is 0 Å². The number of carbonyl (C=O) groups excluding carboxylic acids is 2. The summed E-state index contributed by atoms with van der Waals surface area (Å²) in [5.41, 5.74) is 1.18. The minimum absolute atomic E-state index is 0.126. The Kier molecular flexibility index (Phi) is 2.42. The maximum Gasteiger partial charge on any atom is 0.233 e. The third-order valence-corrected chi connectivity index (χ3v) is 2.46. The van der Waals surface area contributed by atoms with Crippen LogP contribution in [0.5, 0.6) is 0 Å². The van der Waals surface area contributed by atoms with Gasteiger partial charge in [0.15, 0.2) is 0 Å². The highest BCUT2D eigenvalue weighted by atomic mass is 16.2. The Morgan fingerprint density at radius 1 is 1.12 bits per heavy atom. The van der Waals surface area contributed by atoms with Gasteiger partial charge in [0.25, 0.3) is 0 Å². The lowest BCUT2D eigenvalue weighted by Crippen LogP contribution is -2.23. The summed E-state index contributed by atoms with van der Waals surface area (Å²) < 4.78 is 0. The average molecular weight is 218 g/mol. The molecule has 2 N–H and O–H groups in total. The van der Waals surface area contributed by atoms with Gasteiger partial charge >= 0.3 is 0 Å². The summed E-state index contributed by atoms with van der Waals surface area (Å²) in [5, 5.41) is 5.45. The number of carbonyl (C=O) groups is 2. The summed E-state index contributed by atoms with van der Waals surface area (Å²) in [6, 6.07) is 0. The van der Waals surface area contributed by atoms with Crippen LogP contribution in [0.15, 0.2) is 35.7 Å². The molecule has 16 heavy (non-hydrogen) atoms. The molecule has 0 unspecified atom stereocenters. The Hall–Kier alpha value is -1.84. The van der Waals surface area contributed by atoms with E-state index in [-0.39, 0.29) is 23.7 Å². The summed E-state index contributed by atoms with van der Waals surface area (Å²) in [4.78, 5) is 22.8. The highest BCUT2D eigenvalue weighted by Gasteiger charge is 2.23. The van der Waals surface area contributed by atoms with Gasteiger partial charge in [-0.1, -0.05) is 26.0 Å². The van der Waals surface area contributed by atoms with Gasteiger partial charge in [-0.3, -0.25) is 9.59 Å². The Morgan fingerprint density at radius 3 is 2.44 bits per heavy atom. The maximum atomic E-state index is 11.4. The van der Waals surface area contributed by atoms with Crippen LogP contribution in [0.4, 0.5) is 0 Å². The number of allylic oxidation sites excluding steroid dienone is 4. The van der Waals surface area contributed by atoms with Crippen molar-refractivity contribution in [1.29, 1.82) is 0 Å². The van der Waals surface area contributed by atoms with Gasteiger partial charge in [0.2, 0.25) is 11.8 Å². The number of hydrogen-bond donors (Lipinski definition) is 2. The van der Waals surface area contributed by atoms with E-state index in [4.69, 9.17) is 0 Å². The second kappa shape index (κ2) is 3.63. The molecule has 0 saturated carbocycles. The molecule has 84 valence electrons. The van der Waals surface area contributed by atoms with Crippen LogP contribution in [0.25, 0.3) is 0 Å². The molecule has 4 nitrogen and oxygen atoms in total. The third-order valence-electron chi connectivity index (χ3n) is 2.46. The fraction of sp³-hybridized carbons (Fsp3) is 0.333. The second-order valence-electron chi connectivity index (χ2n) is 4.59. The lowest BCUT2D eigenvalue weighted by Gasteiger charge is -2.16. The zero-order valence-corrected chi connectivity index (χ0v) is 9.33. The van der Waals surface area contributed by atoms with Gasteiger partial charge in [0, 0.05) is 5.41 Å². The summed E-state index contributed by atoms with van der Waals surface area (Å²) in [5.74, 6) is -0.551. The van der Waals surface area contributed by atoms with Gasteiger partial charge in [-0.15, -0.1) is 0 Å². The van der Waals surface area contributed by atoms with Crippen molar-refractivity contribution in [2.24, 2.45) is 5.41 Å². The minimum Gasteiger partial charge on any atom is -0.324 e. The van der Waals surface area contributed by atoms with E-state index in [1.165, 1.54) is 0 Å². The quantitative estimate of drug-likeness (QED) is 0.596. The van der Waals surface area contributed by atoms with E-state index in [1.54, 1.807) is 6.08 Å². The van der Waals surface area contributed by atoms with Crippen molar-refractivity contribution in [2.75, 3.05) is 0 Å². The molecule has 1 aliphatic heterocycles. The van der Waals surface area contributed by atoms with E-state index >= 15 is 0 Å².